The van der Waals surface area contributed by atoms with Crippen molar-refractivity contribution in [1.82, 2.24) is 4.90 Å². The zero-order chi connectivity index (χ0) is 26.7. The molecule has 0 saturated carbocycles. The van der Waals surface area contributed by atoms with Crippen LogP contribution in [0.3, 0.4) is 0 Å². The Morgan fingerprint density at radius 3 is 1.76 bits per heavy atom. The standard InChI is InChI=1S/C30H32N2O5/c1-20(2)27-30(24-16-10-6-11-17-24,25-18-12-7-13-19-25)37-29(34)31(27)28(33)21(3)26(22(4)32(35)36)23-14-8-5-9-15-23/h5-22,26-27H,1-4H3/t21-,22-,26-,27+/m1/s1. The van der Waals surface area contributed by atoms with Crippen molar-refractivity contribution in [2.24, 2.45) is 11.8 Å². The third-order valence-electron chi connectivity index (χ3n) is 7.38. The number of amides is 2. The molecule has 0 unspecified atom stereocenters. The Labute approximate surface area is 217 Å². The number of benzene rings is 3. The lowest BCUT2D eigenvalue weighted by atomic mass is 9.75. The van der Waals surface area contributed by atoms with E-state index in [1.807, 2.05) is 80.6 Å². The van der Waals surface area contributed by atoms with Crippen LogP contribution >= 0.6 is 0 Å². The van der Waals surface area contributed by atoms with Crippen LogP contribution in [0.5, 0.6) is 0 Å². The molecule has 7 heteroatoms. The Bertz CT molecular complexity index is 1210. The quantitative estimate of drug-likeness (QED) is 0.279. The van der Waals surface area contributed by atoms with E-state index in [4.69, 9.17) is 4.74 Å². The first-order valence-corrected chi connectivity index (χ1v) is 12.6. The van der Waals surface area contributed by atoms with Crippen LogP contribution in [0.15, 0.2) is 91.0 Å². The summed E-state index contributed by atoms with van der Waals surface area (Å²) in [5.41, 5.74) is 0.975. The monoisotopic (exact) mass is 500 g/mol. The van der Waals surface area contributed by atoms with E-state index in [0.29, 0.717) is 5.56 Å². The van der Waals surface area contributed by atoms with Crippen molar-refractivity contribution in [3.8, 4) is 0 Å². The molecule has 3 aromatic rings. The summed E-state index contributed by atoms with van der Waals surface area (Å²) < 4.78 is 6.20. The van der Waals surface area contributed by atoms with Gasteiger partial charge in [-0.25, -0.2) is 9.69 Å². The second kappa shape index (κ2) is 10.5. The van der Waals surface area contributed by atoms with Crippen LogP contribution in [0.4, 0.5) is 4.79 Å². The number of imide groups is 1. The van der Waals surface area contributed by atoms with E-state index < -0.39 is 41.5 Å². The maximum Gasteiger partial charge on any atom is 0.418 e. The van der Waals surface area contributed by atoms with Crippen molar-refractivity contribution in [3.63, 3.8) is 0 Å². The van der Waals surface area contributed by atoms with E-state index in [1.54, 1.807) is 31.2 Å². The van der Waals surface area contributed by atoms with Crippen molar-refractivity contribution >= 4 is 12.0 Å². The molecule has 0 bridgehead atoms. The van der Waals surface area contributed by atoms with E-state index in [0.717, 1.165) is 11.1 Å². The first kappa shape index (κ1) is 26.1. The van der Waals surface area contributed by atoms with Gasteiger partial charge in [-0.1, -0.05) is 112 Å². The van der Waals surface area contributed by atoms with Gasteiger partial charge in [0.25, 0.3) is 0 Å². The second-order valence-electron chi connectivity index (χ2n) is 9.98. The molecule has 0 N–H and O–H groups in total. The molecule has 1 aliphatic rings. The topological polar surface area (TPSA) is 89.8 Å². The number of carbonyl (C=O) groups is 2. The summed E-state index contributed by atoms with van der Waals surface area (Å²) in [4.78, 5) is 40.5. The van der Waals surface area contributed by atoms with E-state index in [2.05, 4.69) is 0 Å². The lowest BCUT2D eigenvalue weighted by Crippen LogP contribution is -2.52. The lowest BCUT2D eigenvalue weighted by Gasteiger charge is -2.38. The summed E-state index contributed by atoms with van der Waals surface area (Å²) in [6.07, 6.45) is -0.746. The third kappa shape index (κ3) is 4.61. The van der Waals surface area contributed by atoms with Gasteiger partial charge in [-0.15, -0.1) is 0 Å². The van der Waals surface area contributed by atoms with Crippen LogP contribution < -0.4 is 0 Å². The molecule has 0 aromatic heterocycles. The molecule has 0 aliphatic carbocycles. The van der Waals surface area contributed by atoms with Crippen molar-refractivity contribution in [3.05, 3.63) is 118 Å². The van der Waals surface area contributed by atoms with Crippen LogP contribution in [0.1, 0.15) is 50.3 Å². The molecule has 1 fully saturated rings. The summed E-state index contributed by atoms with van der Waals surface area (Å²) in [5, 5.41) is 11.9. The number of nitrogens with zero attached hydrogens (tertiary/aromatic N) is 2. The molecule has 0 spiro atoms. The molecule has 37 heavy (non-hydrogen) atoms. The summed E-state index contributed by atoms with van der Waals surface area (Å²) in [5.74, 6) is -2.24. The maximum absolute atomic E-state index is 14.2. The minimum Gasteiger partial charge on any atom is -0.430 e. The molecule has 2 amide bonds. The van der Waals surface area contributed by atoms with Gasteiger partial charge in [0.1, 0.15) is 0 Å². The van der Waals surface area contributed by atoms with E-state index in [1.165, 1.54) is 11.8 Å². The predicted molar refractivity (Wildman–Crippen MR) is 140 cm³/mol. The Hall–Kier alpha value is -4.00. The molecule has 1 aliphatic heterocycles. The van der Waals surface area contributed by atoms with Gasteiger partial charge in [0, 0.05) is 28.9 Å². The van der Waals surface area contributed by atoms with Crippen LogP contribution in [0.25, 0.3) is 0 Å². The summed E-state index contributed by atoms with van der Waals surface area (Å²) in [6, 6.07) is 26.2. The number of nitro groups is 1. The van der Waals surface area contributed by atoms with Crippen LogP contribution in [-0.4, -0.2) is 33.9 Å². The molecule has 192 valence electrons. The Balaban J connectivity index is 1.84. The maximum atomic E-state index is 14.2. The molecular formula is C30H32N2O5. The van der Waals surface area contributed by atoms with E-state index in [9.17, 15) is 19.7 Å². The summed E-state index contributed by atoms with van der Waals surface area (Å²) >= 11 is 0. The first-order chi connectivity index (χ1) is 17.7. The minimum absolute atomic E-state index is 0.175. The minimum atomic E-state index is -1.22. The van der Waals surface area contributed by atoms with Gasteiger partial charge in [-0.2, -0.15) is 0 Å². The van der Waals surface area contributed by atoms with Gasteiger partial charge in [0.15, 0.2) is 5.60 Å². The molecule has 7 nitrogen and oxygen atoms in total. The van der Waals surface area contributed by atoms with Crippen molar-refractivity contribution in [1.29, 1.82) is 0 Å². The first-order valence-electron chi connectivity index (χ1n) is 12.6. The van der Waals surface area contributed by atoms with Crippen LogP contribution in [0.2, 0.25) is 0 Å². The fraction of sp³-hybridized carbons (Fsp3) is 0.333. The van der Waals surface area contributed by atoms with Gasteiger partial charge >= 0.3 is 6.09 Å². The smallest absolute Gasteiger partial charge is 0.418 e. The number of hydrogen-bond acceptors (Lipinski definition) is 5. The molecule has 0 radical (unpaired) electrons. The van der Waals surface area contributed by atoms with Gasteiger partial charge in [-0.05, 0) is 11.5 Å². The molecule has 3 aromatic carbocycles. The average molecular weight is 501 g/mol. The molecular weight excluding hydrogens is 468 g/mol. The number of ether oxygens (including phenoxy) is 1. The summed E-state index contributed by atoms with van der Waals surface area (Å²) in [7, 11) is 0. The number of rotatable bonds is 8. The number of cyclic esters (lactones) is 1. The molecule has 4 atom stereocenters. The highest BCUT2D eigenvalue weighted by Gasteiger charge is 2.60. The van der Waals surface area contributed by atoms with Crippen molar-refractivity contribution in [2.75, 3.05) is 0 Å². The zero-order valence-electron chi connectivity index (χ0n) is 21.5. The highest BCUT2D eigenvalue weighted by Crippen LogP contribution is 2.48. The van der Waals surface area contributed by atoms with Crippen molar-refractivity contribution in [2.45, 2.75) is 51.3 Å². The molecule has 1 heterocycles. The molecule has 1 saturated heterocycles. The third-order valence-corrected chi connectivity index (χ3v) is 7.38. The van der Waals surface area contributed by atoms with Crippen LogP contribution in [-0.2, 0) is 15.1 Å². The fourth-order valence-corrected chi connectivity index (χ4v) is 5.70. The lowest BCUT2D eigenvalue weighted by molar-refractivity contribution is -0.523. The zero-order valence-corrected chi connectivity index (χ0v) is 21.5. The number of hydrogen-bond donors (Lipinski definition) is 0. The normalized spacial score (nSPS) is 19.2. The predicted octanol–water partition coefficient (Wildman–Crippen LogP) is 6.02. The van der Waals surface area contributed by atoms with Crippen LogP contribution in [0, 0.1) is 22.0 Å². The second-order valence-corrected chi connectivity index (χ2v) is 9.98. The fourth-order valence-electron chi connectivity index (χ4n) is 5.70. The Morgan fingerprint density at radius 1 is 0.865 bits per heavy atom. The Kier molecular flexibility index (Phi) is 7.43. The van der Waals surface area contributed by atoms with E-state index in [-0.39, 0.29) is 10.8 Å². The van der Waals surface area contributed by atoms with Gasteiger partial charge < -0.3 is 4.74 Å². The highest BCUT2D eigenvalue weighted by molar-refractivity contribution is 5.96. The van der Waals surface area contributed by atoms with Gasteiger partial charge in [0.05, 0.1) is 12.0 Å². The van der Waals surface area contributed by atoms with Crippen molar-refractivity contribution < 1.29 is 19.2 Å². The molecule has 4 rings (SSSR count). The van der Waals surface area contributed by atoms with E-state index >= 15 is 0 Å². The number of carbonyl (C=O) groups excluding carboxylic acids is 2. The van der Waals surface area contributed by atoms with Gasteiger partial charge in [-0.3, -0.25) is 14.9 Å². The Morgan fingerprint density at radius 2 is 1.32 bits per heavy atom. The average Bonchev–Trinajstić information content (AvgIpc) is 3.24. The summed E-state index contributed by atoms with van der Waals surface area (Å²) in [6.45, 7) is 7.07. The highest BCUT2D eigenvalue weighted by atomic mass is 16.6. The largest absolute Gasteiger partial charge is 0.430 e. The SMILES string of the molecule is CC(C)[C@@H]1N(C(=O)[C@H](C)[C@@H](c2ccccc2)[C@@H](C)[N+](=O)[O-])C(=O)OC1(c1ccccc1)c1ccccc1. The van der Waals surface area contributed by atoms with Gasteiger partial charge in [0.2, 0.25) is 11.9 Å².